The van der Waals surface area contributed by atoms with Crippen LogP contribution in [-0.2, 0) is 34.4 Å². The molecular weight excluding hydrogens is 502 g/mol. The van der Waals surface area contributed by atoms with Crippen molar-refractivity contribution in [1.29, 1.82) is 0 Å². The summed E-state index contributed by atoms with van der Waals surface area (Å²) in [6, 6.07) is 8.91. The van der Waals surface area contributed by atoms with Gasteiger partial charge < -0.3 is 15.7 Å². The lowest BCUT2D eigenvalue weighted by Crippen LogP contribution is -2.57. The topological polar surface area (TPSA) is 111 Å². The van der Waals surface area contributed by atoms with Gasteiger partial charge in [0.1, 0.15) is 17.7 Å². The molecule has 0 saturated heterocycles. The van der Waals surface area contributed by atoms with Gasteiger partial charge in [0, 0.05) is 33.3 Å². The first-order chi connectivity index (χ1) is 17.3. The number of halogens is 2. The van der Waals surface area contributed by atoms with Crippen LogP contribution in [0.3, 0.4) is 0 Å². The average molecular weight is 541 g/mol. The van der Waals surface area contributed by atoms with Crippen molar-refractivity contribution in [3.8, 4) is 0 Å². The second-order valence-electron chi connectivity index (χ2n) is 9.60. The Morgan fingerprint density at radius 2 is 1.65 bits per heavy atom. The Morgan fingerprint density at radius 3 is 2.22 bits per heavy atom. The van der Waals surface area contributed by atoms with E-state index in [9.17, 15) is 27.1 Å². The molecule has 2 aromatic rings. The van der Waals surface area contributed by atoms with E-state index in [2.05, 4.69) is 28.3 Å². The molecule has 0 fully saturated rings. The normalized spacial score (nSPS) is 14.5. The number of benzene rings is 2. The lowest BCUT2D eigenvalue weighted by molar-refractivity contribution is -0.125. The Morgan fingerprint density at radius 1 is 1.03 bits per heavy atom. The monoisotopic (exact) mass is 540 g/mol. The zero-order chi connectivity index (χ0) is 27.8. The molecule has 8 nitrogen and oxygen atoms in total. The molecule has 1 unspecified atom stereocenters. The fraction of sp³-hybridized carbons (Fsp3) is 0.500. The van der Waals surface area contributed by atoms with Gasteiger partial charge in [-0.1, -0.05) is 45.0 Å². The van der Waals surface area contributed by atoms with Crippen LogP contribution in [0, 0.1) is 17.6 Å². The molecule has 0 aromatic heterocycles. The molecule has 11 heteroatoms. The summed E-state index contributed by atoms with van der Waals surface area (Å²) in [5.74, 6) is -2.62. The van der Waals surface area contributed by atoms with E-state index in [0.29, 0.717) is 6.54 Å². The number of nitrogens with zero attached hydrogens (tertiary/aromatic N) is 1. The van der Waals surface area contributed by atoms with Crippen LogP contribution in [0.15, 0.2) is 42.5 Å². The molecule has 0 heterocycles. The third kappa shape index (κ3) is 9.75. The number of nitrogens with one attached hydrogen (secondary N) is 3. The molecule has 0 radical (unpaired) electrons. The van der Waals surface area contributed by atoms with Crippen molar-refractivity contribution in [1.82, 2.24) is 19.7 Å². The van der Waals surface area contributed by atoms with Gasteiger partial charge in [-0.15, -0.1) is 0 Å². The number of aryl methyl sites for hydroxylation is 1. The quantitative estimate of drug-likeness (QED) is 0.294. The van der Waals surface area contributed by atoms with Gasteiger partial charge in [0.05, 0.1) is 12.1 Å². The summed E-state index contributed by atoms with van der Waals surface area (Å²) in [6.45, 7) is 5.97. The number of carbonyl (C=O) groups is 1. The molecule has 0 bridgehead atoms. The van der Waals surface area contributed by atoms with Crippen LogP contribution >= 0.6 is 0 Å². The van der Waals surface area contributed by atoms with E-state index in [0.717, 1.165) is 34.5 Å². The highest BCUT2D eigenvalue weighted by Crippen LogP contribution is 2.14. The van der Waals surface area contributed by atoms with Crippen LogP contribution in [0.4, 0.5) is 8.78 Å². The third-order valence-corrected chi connectivity index (χ3v) is 7.47. The van der Waals surface area contributed by atoms with Crippen molar-refractivity contribution in [3.63, 3.8) is 0 Å². The molecule has 0 aliphatic carbocycles. The lowest BCUT2D eigenvalue weighted by atomic mass is 9.98. The number of rotatable bonds is 14. The van der Waals surface area contributed by atoms with Gasteiger partial charge in [-0.25, -0.2) is 8.78 Å². The van der Waals surface area contributed by atoms with E-state index >= 15 is 0 Å². The summed E-state index contributed by atoms with van der Waals surface area (Å²) in [4.78, 5) is 13.2. The van der Waals surface area contributed by atoms with E-state index in [1.807, 2.05) is 18.2 Å². The standard InChI is InChI=1S/C26H38F2N4O4S/c1-6-18-8-7-9-19(10-18)15-29-16-24(33)23(13-20-11-21(27)14-22(28)12-20)30-26(34)25(17(2)3)31-37(35,36)32(4)5/h7-12,14,17,23-25,29,31,33H,6,13,15-16H2,1-5H3,(H,30,34)/t23-,24+,25?/m0/s1. The molecule has 1 amide bonds. The van der Waals surface area contributed by atoms with Crippen molar-refractivity contribution in [3.05, 3.63) is 70.8 Å². The zero-order valence-electron chi connectivity index (χ0n) is 22.0. The van der Waals surface area contributed by atoms with Crippen molar-refractivity contribution >= 4 is 16.1 Å². The van der Waals surface area contributed by atoms with Crippen LogP contribution in [0.2, 0.25) is 0 Å². The average Bonchev–Trinajstić information content (AvgIpc) is 2.81. The van der Waals surface area contributed by atoms with Crippen LogP contribution in [-0.4, -0.2) is 62.6 Å². The van der Waals surface area contributed by atoms with Crippen molar-refractivity contribution < 1.29 is 27.1 Å². The van der Waals surface area contributed by atoms with Gasteiger partial charge in [-0.05, 0) is 47.6 Å². The van der Waals surface area contributed by atoms with Crippen molar-refractivity contribution in [2.45, 2.75) is 58.3 Å². The summed E-state index contributed by atoms with van der Waals surface area (Å²) < 4.78 is 55.6. The molecule has 206 valence electrons. The third-order valence-electron chi connectivity index (χ3n) is 5.96. The molecule has 2 rings (SSSR count). The van der Waals surface area contributed by atoms with Gasteiger partial charge in [0.15, 0.2) is 0 Å². The highest BCUT2D eigenvalue weighted by molar-refractivity contribution is 7.87. The van der Waals surface area contributed by atoms with E-state index in [-0.39, 0.29) is 18.5 Å². The van der Waals surface area contributed by atoms with Crippen LogP contribution in [0.25, 0.3) is 0 Å². The molecule has 37 heavy (non-hydrogen) atoms. The van der Waals surface area contributed by atoms with E-state index < -0.39 is 51.9 Å². The van der Waals surface area contributed by atoms with Gasteiger partial charge in [-0.3, -0.25) is 4.79 Å². The minimum atomic E-state index is -3.92. The SMILES string of the molecule is CCc1cccc(CNC[C@@H](O)[C@H](Cc2cc(F)cc(F)c2)NC(=O)C(NS(=O)(=O)N(C)C)C(C)C)c1. The fourth-order valence-electron chi connectivity index (χ4n) is 3.76. The summed E-state index contributed by atoms with van der Waals surface area (Å²) in [5.41, 5.74) is 2.45. The van der Waals surface area contributed by atoms with E-state index in [4.69, 9.17) is 0 Å². The molecule has 0 aliphatic rings. The van der Waals surface area contributed by atoms with Gasteiger partial charge >= 0.3 is 0 Å². The Labute approximate surface area is 218 Å². The second-order valence-corrected chi connectivity index (χ2v) is 11.5. The first-order valence-corrected chi connectivity index (χ1v) is 13.7. The second kappa shape index (κ2) is 13.9. The van der Waals surface area contributed by atoms with E-state index in [1.54, 1.807) is 13.8 Å². The van der Waals surface area contributed by atoms with Crippen LogP contribution < -0.4 is 15.4 Å². The minimum Gasteiger partial charge on any atom is -0.390 e. The Hall–Kier alpha value is -2.44. The first-order valence-electron chi connectivity index (χ1n) is 12.2. The van der Waals surface area contributed by atoms with Crippen LogP contribution in [0.1, 0.15) is 37.5 Å². The molecule has 0 aliphatic heterocycles. The van der Waals surface area contributed by atoms with E-state index in [1.165, 1.54) is 19.7 Å². The van der Waals surface area contributed by atoms with Gasteiger partial charge in [-0.2, -0.15) is 17.4 Å². The maximum atomic E-state index is 13.8. The summed E-state index contributed by atoms with van der Waals surface area (Å²) >= 11 is 0. The molecule has 2 aromatic carbocycles. The number of hydrogen-bond acceptors (Lipinski definition) is 5. The number of aliphatic hydroxyl groups is 1. The lowest BCUT2D eigenvalue weighted by Gasteiger charge is -2.29. The maximum absolute atomic E-state index is 13.8. The molecule has 3 atom stereocenters. The highest BCUT2D eigenvalue weighted by atomic mass is 32.2. The predicted molar refractivity (Wildman–Crippen MR) is 140 cm³/mol. The molecule has 0 saturated carbocycles. The van der Waals surface area contributed by atoms with Crippen molar-refractivity contribution in [2.75, 3.05) is 20.6 Å². The number of carbonyl (C=O) groups excluding carboxylic acids is 1. The Kier molecular flexibility index (Phi) is 11.6. The maximum Gasteiger partial charge on any atom is 0.279 e. The Bertz CT molecular complexity index is 1120. The smallest absolute Gasteiger partial charge is 0.279 e. The summed E-state index contributed by atoms with van der Waals surface area (Å²) in [7, 11) is -1.24. The van der Waals surface area contributed by atoms with Gasteiger partial charge in [0.25, 0.3) is 10.2 Å². The van der Waals surface area contributed by atoms with Crippen molar-refractivity contribution in [2.24, 2.45) is 5.92 Å². The number of aliphatic hydroxyl groups excluding tert-OH is 1. The molecule has 0 spiro atoms. The molecule has 4 N–H and O–H groups in total. The summed E-state index contributed by atoms with van der Waals surface area (Å²) in [5, 5.41) is 16.8. The molecular formula is C26H38F2N4O4S. The highest BCUT2D eigenvalue weighted by Gasteiger charge is 2.31. The fourth-order valence-corrected chi connectivity index (χ4v) is 4.67. The zero-order valence-corrected chi connectivity index (χ0v) is 22.8. The first kappa shape index (κ1) is 30.8. The Balaban J connectivity index is 2.20. The van der Waals surface area contributed by atoms with Gasteiger partial charge in [0.2, 0.25) is 5.91 Å². The largest absolute Gasteiger partial charge is 0.390 e. The predicted octanol–water partition coefficient (Wildman–Crippen LogP) is 2.13. The number of amides is 1. The van der Waals surface area contributed by atoms with Crippen LogP contribution in [0.5, 0.6) is 0 Å². The number of hydrogen-bond donors (Lipinski definition) is 4. The summed E-state index contributed by atoms with van der Waals surface area (Å²) in [6.07, 6.45) is -0.314. The minimum absolute atomic E-state index is 0.0696.